The van der Waals surface area contributed by atoms with E-state index >= 15 is 0 Å². The third-order valence-electron chi connectivity index (χ3n) is 5.00. The Morgan fingerprint density at radius 3 is 1.89 bits per heavy atom. The largest absolute Gasteiger partial charge is 0.466 e. The number of carbonyl (C=O) groups excluding carboxylic acids is 4. The summed E-state index contributed by atoms with van der Waals surface area (Å²) in [5, 5.41) is 7.82. The zero-order valence-corrected chi connectivity index (χ0v) is 25.7. The van der Waals surface area contributed by atoms with Gasteiger partial charge in [0, 0.05) is 14.6 Å². The average molecular weight is 546 g/mol. The molecule has 11 heteroatoms. The van der Waals surface area contributed by atoms with Gasteiger partial charge in [0.05, 0.1) is 19.1 Å². The van der Waals surface area contributed by atoms with Crippen LogP contribution in [0.5, 0.6) is 0 Å². The van der Waals surface area contributed by atoms with Gasteiger partial charge in [-0.25, -0.2) is 9.59 Å². The molecule has 0 spiro atoms. The van der Waals surface area contributed by atoms with Crippen molar-refractivity contribution < 1.29 is 33.4 Å². The molecule has 216 valence electrons. The normalized spacial score (nSPS) is 13.7. The van der Waals surface area contributed by atoms with E-state index in [2.05, 4.69) is 35.6 Å². The molecule has 0 fully saturated rings. The highest BCUT2D eigenvalue weighted by Crippen LogP contribution is 2.22. The summed E-state index contributed by atoms with van der Waals surface area (Å²) in [6.45, 7) is 19.6. The highest BCUT2D eigenvalue weighted by molar-refractivity contribution is 6.76. The highest BCUT2D eigenvalue weighted by atomic mass is 28.3. The summed E-state index contributed by atoms with van der Waals surface area (Å²) >= 11 is 0. The van der Waals surface area contributed by atoms with Crippen LogP contribution in [0.2, 0.25) is 25.7 Å². The maximum Gasteiger partial charge on any atom is 0.408 e. The summed E-state index contributed by atoms with van der Waals surface area (Å²) in [7, 11) is -1.28. The molecular formula is C26H51N3O7Si. The number of esters is 1. The number of alkyl carbamates (subject to hydrolysis) is 2. The highest BCUT2D eigenvalue weighted by Gasteiger charge is 2.26. The summed E-state index contributed by atoms with van der Waals surface area (Å²) in [5.74, 6) is -0.746. The van der Waals surface area contributed by atoms with Crippen molar-refractivity contribution in [1.29, 1.82) is 0 Å². The van der Waals surface area contributed by atoms with Crippen LogP contribution in [0.3, 0.4) is 0 Å². The number of nitrogens with one attached hydrogen (secondary N) is 3. The van der Waals surface area contributed by atoms with E-state index in [0.717, 1.165) is 18.9 Å². The fourth-order valence-electron chi connectivity index (χ4n) is 3.26. The van der Waals surface area contributed by atoms with Crippen molar-refractivity contribution >= 4 is 32.1 Å². The molecule has 3 N–H and O–H groups in total. The number of unbranched alkanes of at least 4 members (excludes halogenated alkanes) is 1. The Kier molecular flexibility index (Phi) is 14.8. The lowest BCUT2D eigenvalue weighted by molar-refractivity contribution is -0.148. The molecule has 0 aromatic carbocycles. The van der Waals surface area contributed by atoms with Gasteiger partial charge in [0.25, 0.3) is 0 Å². The van der Waals surface area contributed by atoms with Crippen LogP contribution < -0.4 is 16.0 Å². The number of hydrogen-bond acceptors (Lipinski definition) is 7. The predicted octanol–water partition coefficient (Wildman–Crippen LogP) is 4.60. The molecule has 10 nitrogen and oxygen atoms in total. The average Bonchev–Trinajstić information content (AvgIpc) is 2.69. The Morgan fingerprint density at radius 2 is 1.38 bits per heavy atom. The second-order valence-corrected chi connectivity index (χ2v) is 18.0. The van der Waals surface area contributed by atoms with Crippen LogP contribution in [-0.4, -0.2) is 69.1 Å². The number of rotatable bonds is 14. The molecular weight excluding hydrogens is 494 g/mol. The van der Waals surface area contributed by atoms with E-state index in [1.807, 2.05) is 6.92 Å². The number of carbonyl (C=O) groups is 4. The van der Waals surface area contributed by atoms with Crippen LogP contribution in [0.1, 0.15) is 74.1 Å². The van der Waals surface area contributed by atoms with Crippen LogP contribution >= 0.6 is 0 Å². The first-order valence-corrected chi connectivity index (χ1v) is 16.9. The molecule has 0 heterocycles. The zero-order valence-electron chi connectivity index (χ0n) is 24.7. The van der Waals surface area contributed by atoms with Gasteiger partial charge in [0.2, 0.25) is 5.91 Å². The van der Waals surface area contributed by atoms with Gasteiger partial charge in [-0.2, -0.15) is 0 Å². The molecule has 2 atom stereocenters. The molecule has 0 bridgehead atoms. The summed E-state index contributed by atoms with van der Waals surface area (Å²) in [6, 6.07) is 0.00183. The summed E-state index contributed by atoms with van der Waals surface area (Å²) in [4.78, 5) is 49.5. The number of hydrogen-bond donors (Lipinski definition) is 3. The van der Waals surface area contributed by atoms with E-state index in [4.69, 9.17) is 14.2 Å². The lowest BCUT2D eigenvalue weighted by atomic mass is 9.99. The van der Waals surface area contributed by atoms with Gasteiger partial charge in [-0.05, 0) is 67.7 Å². The molecule has 0 aliphatic rings. The first-order chi connectivity index (χ1) is 16.8. The van der Waals surface area contributed by atoms with Crippen molar-refractivity contribution in [2.24, 2.45) is 5.92 Å². The molecule has 0 saturated carbocycles. The van der Waals surface area contributed by atoms with Crippen LogP contribution in [0.15, 0.2) is 0 Å². The summed E-state index contributed by atoms with van der Waals surface area (Å²) in [5.41, 5.74) is -1.44. The molecule has 0 radical (unpaired) electrons. The Labute approximate surface area is 224 Å². The van der Waals surface area contributed by atoms with Gasteiger partial charge in [0.15, 0.2) is 0 Å². The van der Waals surface area contributed by atoms with Crippen molar-refractivity contribution in [1.82, 2.24) is 16.0 Å². The summed E-state index contributed by atoms with van der Waals surface area (Å²) < 4.78 is 15.7. The molecule has 0 aliphatic carbocycles. The van der Waals surface area contributed by atoms with Crippen molar-refractivity contribution in [3.8, 4) is 0 Å². The SMILES string of the molecule is CCOC(=O)C(CCCCNC(=O)C(CNC(=O)OC(C)(C)C)NC(=O)OC(C)(C)C)CC[Si](C)(C)C. The third kappa shape index (κ3) is 19.5. The van der Waals surface area contributed by atoms with Gasteiger partial charge < -0.3 is 30.2 Å². The maximum absolute atomic E-state index is 12.8. The van der Waals surface area contributed by atoms with Gasteiger partial charge in [-0.3, -0.25) is 9.59 Å². The maximum atomic E-state index is 12.8. The van der Waals surface area contributed by atoms with Crippen molar-refractivity contribution in [2.45, 2.75) is 117 Å². The topological polar surface area (TPSA) is 132 Å². The fraction of sp³-hybridized carbons (Fsp3) is 0.846. The standard InChI is InChI=1S/C26H51N3O7Si/c1-11-34-22(31)19(15-17-37(8,9)10)14-12-13-16-27-21(30)20(29-24(33)36-26(5,6)7)18-28-23(32)35-25(2,3)4/h19-20H,11-18H2,1-10H3,(H,27,30)(H,28,32)(H,29,33). The van der Waals surface area contributed by atoms with Crippen LogP contribution in [0.25, 0.3) is 0 Å². The minimum atomic E-state index is -1.28. The third-order valence-corrected chi connectivity index (χ3v) is 6.79. The Balaban J connectivity index is 4.90. The van der Waals surface area contributed by atoms with E-state index in [1.165, 1.54) is 0 Å². The summed E-state index contributed by atoms with van der Waals surface area (Å²) in [6.07, 6.45) is 1.46. The lowest BCUT2D eigenvalue weighted by Gasteiger charge is -2.24. The van der Waals surface area contributed by atoms with E-state index in [0.29, 0.717) is 26.0 Å². The molecule has 0 rings (SSSR count). The van der Waals surface area contributed by atoms with E-state index in [9.17, 15) is 19.2 Å². The Hall–Kier alpha value is -2.30. The van der Waals surface area contributed by atoms with Gasteiger partial charge in [-0.1, -0.05) is 32.1 Å². The second kappa shape index (κ2) is 15.8. The lowest BCUT2D eigenvalue weighted by Crippen LogP contribution is -2.54. The fourth-order valence-corrected chi connectivity index (χ4v) is 4.47. The molecule has 2 unspecified atom stereocenters. The van der Waals surface area contributed by atoms with Crippen molar-refractivity contribution in [3.05, 3.63) is 0 Å². The molecule has 0 aromatic rings. The first kappa shape index (κ1) is 34.7. The van der Waals surface area contributed by atoms with E-state index < -0.39 is 43.4 Å². The van der Waals surface area contributed by atoms with Crippen molar-refractivity contribution in [3.63, 3.8) is 0 Å². The minimum absolute atomic E-state index is 0.137. The van der Waals surface area contributed by atoms with Gasteiger partial charge in [0.1, 0.15) is 17.2 Å². The van der Waals surface area contributed by atoms with Gasteiger partial charge >= 0.3 is 18.2 Å². The van der Waals surface area contributed by atoms with E-state index in [1.54, 1.807) is 41.5 Å². The molecule has 37 heavy (non-hydrogen) atoms. The Bertz CT molecular complexity index is 740. The number of amides is 3. The van der Waals surface area contributed by atoms with Gasteiger partial charge in [-0.15, -0.1) is 0 Å². The van der Waals surface area contributed by atoms with Crippen LogP contribution in [0, 0.1) is 5.92 Å². The van der Waals surface area contributed by atoms with Crippen LogP contribution in [0.4, 0.5) is 9.59 Å². The monoisotopic (exact) mass is 545 g/mol. The molecule has 3 amide bonds. The Morgan fingerprint density at radius 1 is 0.811 bits per heavy atom. The minimum Gasteiger partial charge on any atom is -0.466 e. The smallest absolute Gasteiger partial charge is 0.408 e. The van der Waals surface area contributed by atoms with Crippen molar-refractivity contribution in [2.75, 3.05) is 19.7 Å². The predicted molar refractivity (Wildman–Crippen MR) is 147 cm³/mol. The zero-order chi connectivity index (χ0) is 28.9. The van der Waals surface area contributed by atoms with Crippen LogP contribution in [-0.2, 0) is 23.8 Å². The molecule has 0 aromatic heterocycles. The molecule has 0 saturated heterocycles. The first-order valence-electron chi connectivity index (χ1n) is 13.2. The molecule has 0 aliphatic heterocycles. The quantitative estimate of drug-likeness (QED) is 0.126. The second-order valence-electron chi connectivity index (χ2n) is 12.4. The van der Waals surface area contributed by atoms with E-state index in [-0.39, 0.29) is 18.4 Å². The number of ether oxygens (including phenoxy) is 3.